The average Bonchev–Trinajstić information content (AvgIpc) is 2.30. The van der Waals surface area contributed by atoms with E-state index in [-0.39, 0.29) is 34.1 Å². The first kappa shape index (κ1) is 23.5. The molecule has 0 unspecified atom stereocenters. The summed E-state index contributed by atoms with van der Waals surface area (Å²) >= 11 is 0. The summed E-state index contributed by atoms with van der Waals surface area (Å²) in [5, 5.41) is 24.6. The highest BCUT2D eigenvalue weighted by Crippen LogP contribution is 2.25. The van der Waals surface area contributed by atoms with E-state index in [4.69, 9.17) is 22.3 Å². The van der Waals surface area contributed by atoms with Crippen molar-refractivity contribution in [3.63, 3.8) is 0 Å². The van der Waals surface area contributed by atoms with Gasteiger partial charge in [-0.1, -0.05) is 0 Å². The minimum Gasteiger partial charge on any atom is -0.370 e. The van der Waals surface area contributed by atoms with E-state index in [1.807, 2.05) is 0 Å². The molecule has 0 aliphatic heterocycles. The molecule has 0 radical (unpaired) electrons. The summed E-state index contributed by atoms with van der Waals surface area (Å²) in [5.74, 6) is 0.0209. The van der Waals surface area contributed by atoms with Gasteiger partial charge in [-0.3, -0.25) is 10.8 Å². The molecule has 0 bridgehead atoms. The van der Waals surface area contributed by atoms with Crippen LogP contribution in [0.5, 0.6) is 0 Å². The number of hydrogen-bond donors (Lipinski definition) is 7. The Labute approximate surface area is 154 Å². The minimum atomic E-state index is -0.206. The van der Waals surface area contributed by atoms with Crippen LogP contribution >= 0.6 is 0 Å². The molecule has 7 heteroatoms. The van der Waals surface area contributed by atoms with Gasteiger partial charge in [-0.05, 0) is 81.1 Å². The molecule has 9 N–H and O–H groups in total. The highest BCUT2D eigenvalue weighted by atomic mass is 15.1. The van der Waals surface area contributed by atoms with Gasteiger partial charge in [-0.25, -0.2) is 0 Å². The highest BCUT2D eigenvalue weighted by molar-refractivity contribution is 5.75. The van der Waals surface area contributed by atoms with Crippen molar-refractivity contribution in [2.45, 2.75) is 103 Å². The zero-order valence-corrected chi connectivity index (χ0v) is 17.5. The number of guanidine groups is 2. The molecule has 0 aromatic heterocycles. The topological polar surface area (TPSA) is 136 Å². The Hall–Kier alpha value is -1.50. The first-order chi connectivity index (χ1) is 11.0. The lowest BCUT2D eigenvalue weighted by atomic mass is 9.84. The van der Waals surface area contributed by atoms with Gasteiger partial charge in [0.25, 0.3) is 0 Å². The molecule has 0 aromatic rings. The minimum absolute atomic E-state index is 0.0105. The van der Waals surface area contributed by atoms with Crippen LogP contribution < -0.4 is 27.4 Å². The molecule has 0 spiro atoms. The fourth-order valence-electron chi connectivity index (χ4n) is 3.15. The van der Waals surface area contributed by atoms with Gasteiger partial charge in [-0.15, -0.1) is 0 Å². The predicted molar refractivity (Wildman–Crippen MR) is 108 cm³/mol. The maximum atomic E-state index is 7.41. The third-order valence-electron chi connectivity index (χ3n) is 4.37. The molecule has 148 valence electrons. The molecular weight excluding hydrogens is 314 g/mol. The summed E-state index contributed by atoms with van der Waals surface area (Å²) in [4.78, 5) is 0. The average molecular weight is 356 g/mol. The lowest BCUT2D eigenvalue weighted by Gasteiger charge is -2.41. The Morgan fingerprint density at radius 1 is 0.600 bits per heavy atom. The maximum Gasteiger partial charge on any atom is 0.186 e. The molecule has 0 atom stereocenters. The fraction of sp³-hybridized carbons (Fsp3) is 0.889. The van der Waals surface area contributed by atoms with Crippen LogP contribution in [0.25, 0.3) is 0 Å². The van der Waals surface area contributed by atoms with Crippen LogP contribution in [0, 0.1) is 10.8 Å². The number of nitrogens with one attached hydrogen (secondary N) is 5. The van der Waals surface area contributed by atoms with Crippen molar-refractivity contribution in [2.24, 2.45) is 11.5 Å². The fourth-order valence-corrected chi connectivity index (χ4v) is 3.15. The lowest BCUT2D eigenvalue weighted by Crippen LogP contribution is -2.55. The lowest BCUT2D eigenvalue weighted by molar-refractivity contribution is 0.207. The Morgan fingerprint density at radius 3 is 1.08 bits per heavy atom. The SMILES string of the molecule is CC(C)(CCC(C)(C)NC(C)(C)CCC(C)(C)NC(=N)N)NC(=N)N. The Kier molecular flexibility index (Phi) is 7.76. The second-order valence-electron chi connectivity index (χ2n) is 9.74. The number of rotatable bonds is 10. The van der Waals surface area contributed by atoms with Crippen molar-refractivity contribution in [3.05, 3.63) is 0 Å². The summed E-state index contributed by atoms with van der Waals surface area (Å²) in [5.41, 5.74) is 10.4. The van der Waals surface area contributed by atoms with Gasteiger partial charge in [-0.2, -0.15) is 0 Å². The summed E-state index contributed by atoms with van der Waals surface area (Å²) in [6.07, 6.45) is 3.72. The van der Waals surface area contributed by atoms with Crippen LogP contribution in [0.3, 0.4) is 0 Å². The zero-order chi connectivity index (χ0) is 20.1. The number of hydrogen-bond acceptors (Lipinski definition) is 3. The first-order valence-corrected chi connectivity index (χ1v) is 8.99. The van der Waals surface area contributed by atoms with Gasteiger partial charge >= 0.3 is 0 Å². The van der Waals surface area contributed by atoms with Crippen LogP contribution in [-0.2, 0) is 0 Å². The summed E-state index contributed by atoms with van der Waals surface area (Å²) < 4.78 is 0. The molecule has 0 amide bonds. The Bertz CT molecular complexity index is 422. The third kappa shape index (κ3) is 11.6. The molecule has 0 aromatic carbocycles. The molecule has 0 aliphatic carbocycles. The zero-order valence-electron chi connectivity index (χ0n) is 17.5. The summed E-state index contributed by atoms with van der Waals surface area (Å²) in [7, 11) is 0. The predicted octanol–water partition coefficient (Wildman–Crippen LogP) is 2.22. The molecule has 7 nitrogen and oxygen atoms in total. The number of nitrogens with two attached hydrogens (primary N) is 2. The smallest absolute Gasteiger partial charge is 0.186 e. The normalized spacial score (nSPS) is 13.4. The van der Waals surface area contributed by atoms with Gasteiger partial charge in [0, 0.05) is 22.2 Å². The molecule has 0 heterocycles. The van der Waals surface area contributed by atoms with E-state index in [1.165, 1.54) is 0 Å². The van der Waals surface area contributed by atoms with Gasteiger partial charge in [0.15, 0.2) is 11.9 Å². The molecule has 25 heavy (non-hydrogen) atoms. The van der Waals surface area contributed by atoms with Gasteiger partial charge in [0.1, 0.15) is 0 Å². The van der Waals surface area contributed by atoms with Crippen LogP contribution in [-0.4, -0.2) is 34.1 Å². The second-order valence-corrected chi connectivity index (χ2v) is 9.74. The van der Waals surface area contributed by atoms with Crippen molar-refractivity contribution in [3.8, 4) is 0 Å². The van der Waals surface area contributed by atoms with Gasteiger partial charge in [0.05, 0.1) is 0 Å². The molecular formula is C18H41N7. The van der Waals surface area contributed by atoms with E-state index < -0.39 is 0 Å². The summed E-state index contributed by atoms with van der Waals surface area (Å²) in [6.45, 7) is 17.1. The highest BCUT2D eigenvalue weighted by Gasteiger charge is 2.31. The molecule has 0 saturated carbocycles. The molecule has 0 fully saturated rings. The van der Waals surface area contributed by atoms with E-state index in [2.05, 4.69) is 71.3 Å². The summed E-state index contributed by atoms with van der Waals surface area (Å²) in [6, 6.07) is 0. The Balaban J connectivity index is 4.64. The first-order valence-electron chi connectivity index (χ1n) is 8.99. The standard InChI is InChI=1S/C18H41N7/c1-15(2,23-13(19)20)9-11-17(5,6)25-18(7,8)12-10-16(3,4)24-14(21)22/h25H,9-12H2,1-8H3,(H4,19,20,23)(H4,21,22,24). The molecule has 0 aliphatic rings. The van der Waals surface area contributed by atoms with E-state index in [0.717, 1.165) is 25.7 Å². The van der Waals surface area contributed by atoms with Crippen molar-refractivity contribution in [1.82, 2.24) is 16.0 Å². The van der Waals surface area contributed by atoms with Crippen LogP contribution in [0.4, 0.5) is 0 Å². The van der Waals surface area contributed by atoms with E-state index >= 15 is 0 Å². The van der Waals surface area contributed by atoms with Gasteiger partial charge < -0.3 is 27.4 Å². The van der Waals surface area contributed by atoms with E-state index in [9.17, 15) is 0 Å². The van der Waals surface area contributed by atoms with Gasteiger partial charge in [0.2, 0.25) is 0 Å². The van der Waals surface area contributed by atoms with E-state index in [0.29, 0.717) is 0 Å². The second kappa shape index (κ2) is 8.25. The van der Waals surface area contributed by atoms with Crippen molar-refractivity contribution in [1.29, 1.82) is 10.8 Å². The van der Waals surface area contributed by atoms with Crippen molar-refractivity contribution in [2.75, 3.05) is 0 Å². The maximum absolute atomic E-state index is 7.41. The third-order valence-corrected chi connectivity index (χ3v) is 4.37. The van der Waals surface area contributed by atoms with E-state index in [1.54, 1.807) is 0 Å². The molecule has 0 rings (SSSR count). The largest absolute Gasteiger partial charge is 0.370 e. The van der Waals surface area contributed by atoms with Crippen LogP contribution in [0.1, 0.15) is 81.1 Å². The Morgan fingerprint density at radius 2 is 0.840 bits per heavy atom. The molecule has 0 saturated heterocycles. The quantitative estimate of drug-likeness (QED) is 0.238. The van der Waals surface area contributed by atoms with Crippen molar-refractivity contribution < 1.29 is 0 Å². The van der Waals surface area contributed by atoms with Crippen LogP contribution in [0.2, 0.25) is 0 Å². The van der Waals surface area contributed by atoms with Crippen molar-refractivity contribution >= 4 is 11.9 Å². The monoisotopic (exact) mass is 355 g/mol. The van der Waals surface area contributed by atoms with Crippen LogP contribution in [0.15, 0.2) is 0 Å².